The number of nitrogens with one attached hydrogen (secondary N) is 1. The van der Waals surface area contributed by atoms with Gasteiger partial charge in [-0.25, -0.2) is 4.98 Å². The van der Waals surface area contributed by atoms with Crippen molar-refractivity contribution < 1.29 is 0 Å². The highest BCUT2D eigenvalue weighted by atomic mass is 15.1. The molecule has 0 bridgehead atoms. The molecule has 0 amide bonds. The molecule has 0 saturated heterocycles. The highest BCUT2D eigenvalue weighted by Crippen LogP contribution is 2.35. The average molecular weight is 431 g/mol. The van der Waals surface area contributed by atoms with Gasteiger partial charge in [-0.05, 0) is 78.9 Å². The first-order chi connectivity index (χ1) is 15.9. The summed E-state index contributed by atoms with van der Waals surface area (Å²) < 4.78 is 0. The van der Waals surface area contributed by atoms with Gasteiger partial charge < -0.3 is 11.1 Å². The molecule has 4 rings (SSSR count). The third kappa shape index (κ3) is 4.23. The van der Waals surface area contributed by atoms with Crippen LogP contribution >= 0.6 is 0 Å². The van der Waals surface area contributed by atoms with Crippen LogP contribution in [-0.2, 0) is 0 Å². The van der Waals surface area contributed by atoms with Crippen LogP contribution in [0.1, 0.15) is 27.8 Å². The molecule has 0 saturated carbocycles. The first kappa shape index (κ1) is 21.5. The van der Waals surface area contributed by atoms with Crippen molar-refractivity contribution in [2.75, 3.05) is 11.1 Å². The number of hydrogen-bond donors (Lipinski definition) is 2. The van der Waals surface area contributed by atoms with Gasteiger partial charge in [-0.3, -0.25) is 0 Å². The topological polar surface area (TPSA) is 111 Å². The number of nitrogens with two attached hydrogens (primary N) is 1. The molecular formula is C27H22N6. The number of nitrogen functional groups attached to an aromatic ring is 1. The molecule has 0 spiro atoms. The predicted octanol–water partition coefficient (Wildman–Crippen LogP) is 5.96. The molecule has 0 fully saturated rings. The molecule has 0 aliphatic carbocycles. The first-order valence-electron chi connectivity index (χ1n) is 10.4. The molecule has 1 heterocycles. The Hall–Kier alpha value is -4.68. The number of benzene rings is 3. The molecule has 0 aliphatic rings. The fraction of sp³-hybridized carbons (Fsp3) is 0.111. The van der Waals surface area contributed by atoms with Crippen molar-refractivity contribution in [3.63, 3.8) is 0 Å². The van der Waals surface area contributed by atoms with Crippen LogP contribution in [-0.4, -0.2) is 9.97 Å². The van der Waals surface area contributed by atoms with Crippen molar-refractivity contribution in [2.45, 2.75) is 20.8 Å². The van der Waals surface area contributed by atoms with E-state index in [4.69, 9.17) is 21.2 Å². The Morgan fingerprint density at radius 3 is 2.36 bits per heavy atom. The van der Waals surface area contributed by atoms with Crippen LogP contribution in [0.5, 0.6) is 0 Å². The lowest BCUT2D eigenvalue weighted by molar-refractivity contribution is 1.22. The molecule has 3 N–H and O–H groups in total. The Kier molecular flexibility index (Phi) is 5.76. The Labute approximate surface area is 192 Å². The molecule has 0 radical (unpaired) electrons. The maximum Gasteiger partial charge on any atom is 0.229 e. The smallest absolute Gasteiger partial charge is 0.229 e. The van der Waals surface area contributed by atoms with Crippen molar-refractivity contribution in [1.29, 1.82) is 10.5 Å². The minimum Gasteiger partial charge on any atom is -0.383 e. The highest BCUT2D eigenvalue weighted by molar-refractivity contribution is 6.00. The zero-order chi connectivity index (χ0) is 23.5. The number of nitriles is 2. The summed E-state index contributed by atoms with van der Waals surface area (Å²) >= 11 is 0. The number of nitrogens with zero attached hydrogens (tertiary/aromatic N) is 4. The minimum absolute atomic E-state index is 0.388. The standard InChI is InChI=1S/C27H22N6/c1-16-14-21(10-9-20(16)15-29)31-27-32-25-22(7-4-8-23(25)26(30)33-27)24-17(2)12-19(6-5-11-28)13-18(24)3/h4-10,12-14H,1-3H3,(H3,30,31,32,33)/b6-5+. The lowest BCUT2D eigenvalue weighted by atomic mass is 9.92. The van der Waals surface area contributed by atoms with E-state index in [1.165, 1.54) is 6.08 Å². The average Bonchev–Trinajstić information content (AvgIpc) is 2.78. The molecule has 0 unspecified atom stereocenters. The molecule has 33 heavy (non-hydrogen) atoms. The number of rotatable bonds is 4. The van der Waals surface area contributed by atoms with Crippen LogP contribution in [0.3, 0.4) is 0 Å². The molecular weight excluding hydrogens is 408 g/mol. The molecule has 3 aromatic carbocycles. The van der Waals surface area contributed by atoms with Crippen LogP contribution in [0.2, 0.25) is 0 Å². The van der Waals surface area contributed by atoms with E-state index in [1.54, 1.807) is 12.1 Å². The fourth-order valence-electron chi connectivity index (χ4n) is 4.08. The summed E-state index contributed by atoms with van der Waals surface area (Å²) in [5.41, 5.74) is 14.5. The van der Waals surface area contributed by atoms with Gasteiger partial charge in [0.2, 0.25) is 5.95 Å². The number of anilines is 3. The van der Waals surface area contributed by atoms with Crippen LogP contribution in [0.25, 0.3) is 28.1 Å². The van der Waals surface area contributed by atoms with E-state index in [0.717, 1.165) is 50.0 Å². The zero-order valence-corrected chi connectivity index (χ0v) is 18.6. The summed E-state index contributed by atoms with van der Waals surface area (Å²) in [7, 11) is 0. The van der Waals surface area contributed by atoms with Gasteiger partial charge in [0.15, 0.2) is 0 Å². The van der Waals surface area contributed by atoms with E-state index in [0.29, 0.717) is 17.3 Å². The van der Waals surface area contributed by atoms with Crippen LogP contribution in [0, 0.1) is 43.4 Å². The summed E-state index contributed by atoms with van der Waals surface area (Å²) in [6, 6.07) is 19.7. The Balaban J connectivity index is 1.84. The van der Waals surface area contributed by atoms with E-state index >= 15 is 0 Å². The molecule has 6 heteroatoms. The van der Waals surface area contributed by atoms with Crippen molar-refractivity contribution in [1.82, 2.24) is 9.97 Å². The van der Waals surface area contributed by atoms with Crippen molar-refractivity contribution >= 4 is 34.4 Å². The SMILES string of the molecule is Cc1cc(Nc2nc(N)c3cccc(-c4c(C)cc(/C=C/C#N)cc4C)c3n2)ccc1C#N. The zero-order valence-electron chi connectivity index (χ0n) is 18.6. The highest BCUT2D eigenvalue weighted by Gasteiger charge is 2.15. The summed E-state index contributed by atoms with van der Waals surface area (Å²) in [6.07, 6.45) is 3.27. The molecule has 4 aromatic rings. The van der Waals surface area contributed by atoms with Gasteiger partial charge in [-0.1, -0.05) is 24.3 Å². The maximum atomic E-state index is 9.17. The summed E-state index contributed by atoms with van der Waals surface area (Å²) in [5, 5.41) is 22.0. The summed E-state index contributed by atoms with van der Waals surface area (Å²) in [5.74, 6) is 0.777. The Morgan fingerprint density at radius 2 is 1.70 bits per heavy atom. The number of para-hydroxylation sites is 1. The van der Waals surface area contributed by atoms with Gasteiger partial charge in [0.25, 0.3) is 0 Å². The second kappa shape index (κ2) is 8.82. The first-order valence-corrected chi connectivity index (χ1v) is 10.4. The molecule has 1 aromatic heterocycles. The third-order valence-electron chi connectivity index (χ3n) is 5.53. The van der Waals surface area contributed by atoms with Gasteiger partial charge >= 0.3 is 0 Å². The van der Waals surface area contributed by atoms with Gasteiger partial charge in [-0.15, -0.1) is 0 Å². The molecule has 6 nitrogen and oxygen atoms in total. The monoisotopic (exact) mass is 430 g/mol. The number of fused-ring (bicyclic) bond motifs is 1. The van der Waals surface area contributed by atoms with Gasteiger partial charge in [0, 0.05) is 22.7 Å². The molecule has 160 valence electrons. The van der Waals surface area contributed by atoms with Crippen molar-refractivity contribution in [3.8, 4) is 23.3 Å². The summed E-state index contributed by atoms with van der Waals surface area (Å²) in [6.45, 7) is 5.99. The number of aryl methyl sites for hydroxylation is 3. The lowest BCUT2D eigenvalue weighted by Gasteiger charge is -2.15. The third-order valence-corrected chi connectivity index (χ3v) is 5.53. The largest absolute Gasteiger partial charge is 0.383 e. The van der Waals surface area contributed by atoms with Gasteiger partial charge in [0.05, 0.1) is 23.2 Å². The minimum atomic E-state index is 0.388. The van der Waals surface area contributed by atoms with E-state index in [9.17, 15) is 0 Å². The lowest BCUT2D eigenvalue weighted by Crippen LogP contribution is -2.03. The van der Waals surface area contributed by atoms with Gasteiger partial charge in [-0.2, -0.15) is 15.5 Å². The maximum absolute atomic E-state index is 9.17. The number of hydrogen-bond acceptors (Lipinski definition) is 6. The number of aromatic nitrogens is 2. The quantitative estimate of drug-likeness (QED) is 0.387. The Morgan fingerprint density at radius 1 is 0.939 bits per heavy atom. The fourth-order valence-corrected chi connectivity index (χ4v) is 4.08. The molecule has 0 atom stereocenters. The number of allylic oxidation sites excluding steroid dienone is 1. The normalized spacial score (nSPS) is 10.8. The Bertz CT molecular complexity index is 1480. The van der Waals surface area contributed by atoms with Crippen molar-refractivity contribution in [3.05, 3.63) is 82.4 Å². The van der Waals surface area contributed by atoms with Crippen LogP contribution < -0.4 is 11.1 Å². The second-order valence-corrected chi connectivity index (χ2v) is 7.89. The second-order valence-electron chi connectivity index (χ2n) is 7.89. The summed E-state index contributed by atoms with van der Waals surface area (Å²) in [4.78, 5) is 9.26. The predicted molar refractivity (Wildman–Crippen MR) is 133 cm³/mol. The molecule has 0 aliphatic heterocycles. The van der Waals surface area contributed by atoms with Crippen LogP contribution in [0.15, 0.2) is 54.6 Å². The van der Waals surface area contributed by atoms with E-state index in [-0.39, 0.29) is 0 Å². The van der Waals surface area contributed by atoms with Gasteiger partial charge in [0.1, 0.15) is 5.82 Å². The van der Waals surface area contributed by atoms with Crippen LogP contribution in [0.4, 0.5) is 17.5 Å². The van der Waals surface area contributed by atoms with E-state index in [2.05, 4.69) is 28.5 Å². The van der Waals surface area contributed by atoms with Crippen molar-refractivity contribution in [2.24, 2.45) is 0 Å². The van der Waals surface area contributed by atoms with E-state index in [1.807, 2.05) is 57.2 Å². The van der Waals surface area contributed by atoms with E-state index < -0.39 is 0 Å².